The van der Waals surface area contributed by atoms with Gasteiger partial charge in [0, 0.05) is 23.4 Å². The van der Waals surface area contributed by atoms with Crippen LogP contribution in [0.4, 0.5) is 4.39 Å². The van der Waals surface area contributed by atoms with Gasteiger partial charge in [0.25, 0.3) is 0 Å². The molecule has 0 saturated carbocycles. The van der Waals surface area contributed by atoms with Crippen LogP contribution < -0.4 is 10.5 Å². The number of nitrogens with two attached hydrogens (primary N) is 1. The maximum atomic E-state index is 14.1. The Kier molecular flexibility index (Phi) is 4.34. The Morgan fingerprint density at radius 3 is 2.88 bits per heavy atom. The van der Waals surface area contributed by atoms with Crippen LogP contribution in [0.25, 0.3) is 11.4 Å². The van der Waals surface area contributed by atoms with Gasteiger partial charge in [-0.3, -0.25) is 4.99 Å². The third kappa shape index (κ3) is 2.79. The van der Waals surface area contributed by atoms with E-state index in [4.69, 9.17) is 22.1 Å². The van der Waals surface area contributed by atoms with Crippen LogP contribution in [0.5, 0.6) is 5.75 Å². The van der Waals surface area contributed by atoms with E-state index in [9.17, 15) is 4.39 Å². The molecule has 0 saturated heterocycles. The molecule has 124 valence electrons. The summed E-state index contributed by atoms with van der Waals surface area (Å²) in [6.45, 7) is 1.92. The summed E-state index contributed by atoms with van der Waals surface area (Å²) in [4.78, 5) is 12.8. The Balaban J connectivity index is 2.18. The topological polar surface area (TPSA) is 73.4 Å². The summed E-state index contributed by atoms with van der Waals surface area (Å²) >= 11 is 5.96. The summed E-state index contributed by atoms with van der Waals surface area (Å²) < 4.78 is 19.5. The van der Waals surface area contributed by atoms with Crippen LogP contribution in [-0.4, -0.2) is 23.3 Å². The molecular weight excluding hydrogens is 331 g/mol. The van der Waals surface area contributed by atoms with Crippen molar-refractivity contribution in [3.63, 3.8) is 0 Å². The molecule has 5 nitrogen and oxygen atoms in total. The van der Waals surface area contributed by atoms with Crippen molar-refractivity contribution < 1.29 is 9.13 Å². The van der Waals surface area contributed by atoms with Crippen molar-refractivity contribution in [2.75, 3.05) is 7.11 Å². The number of hydrogen-bond donors (Lipinski definition) is 1. The predicted molar refractivity (Wildman–Crippen MR) is 91.6 cm³/mol. The summed E-state index contributed by atoms with van der Waals surface area (Å²) in [6.07, 6.45) is 6.59. The number of aromatic nitrogens is 2. The second kappa shape index (κ2) is 6.30. The number of hydrogen-bond acceptors (Lipinski definition) is 5. The van der Waals surface area contributed by atoms with Gasteiger partial charge < -0.3 is 10.5 Å². The monoisotopic (exact) mass is 346 g/mol. The van der Waals surface area contributed by atoms with Crippen LogP contribution >= 0.6 is 11.6 Å². The number of nitrogens with zero attached hydrogens (tertiary/aromatic N) is 3. The fourth-order valence-corrected chi connectivity index (χ4v) is 2.72. The molecule has 1 aliphatic heterocycles. The average Bonchev–Trinajstić information content (AvgIpc) is 2.59. The molecule has 2 N–H and O–H groups in total. The first kappa shape index (κ1) is 16.5. The second-order valence-electron chi connectivity index (χ2n) is 5.57. The van der Waals surface area contributed by atoms with E-state index in [2.05, 4.69) is 15.0 Å². The lowest BCUT2D eigenvalue weighted by Crippen LogP contribution is -2.44. The molecule has 0 spiro atoms. The maximum absolute atomic E-state index is 14.1. The number of methoxy groups -OCH3 is 1. The minimum absolute atomic E-state index is 0.122. The standard InChI is InChI=1S/C17H16ClFN4O/c1-10-8-21-6-5-17(10,20)15-14(24-2)9-22-16(23-15)12-7-11(18)3-4-13(12)19/h3-10H,20H2,1-2H3. The van der Waals surface area contributed by atoms with Crippen LogP contribution in [0.2, 0.25) is 5.02 Å². The highest BCUT2D eigenvalue weighted by molar-refractivity contribution is 6.30. The highest BCUT2D eigenvalue weighted by Crippen LogP contribution is 2.36. The molecule has 24 heavy (non-hydrogen) atoms. The van der Waals surface area contributed by atoms with Crippen molar-refractivity contribution >= 4 is 17.8 Å². The SMILES string of the molecule is COc1cnc(-c2cc(Cl)ccc2F)nc1C1(N)C=CN=CC1C. The molecule has 2 aromatic rings. The Labute approximate surface area is 144 Å². The van der Waals surface area contributed by atoms with Gasteiger partial charge in [-0.15, -0.1) is 0 Å². The predicted octanol–water partition coefficient (Wildman–Crippen LogP) is 3.33. The molecule has 0 bridgehead atoms. The zero-order valence-corrected chi connectivity index (χ0v) is 14.0. The molecule has 1 aromatic heterocycles. The Morgan fingerprint density at radius 1 is 1.38 bits per heavy atom. The minimum atomic E-state index is -0.931. The lowest BCUT2D eigenvalue weighted by atomic mass is 9.82. The Bertz CT molecular complexity index is 839. The van der Waals surface area contributed by atoms with E-state index in [-0.39, 0.29) is 17.3 Å². The van der Waals surface area contributed by atoms with Crippen LogP contribution in [0.15, 0.2) is 41.7 Å². The highest BCUT2D eigenvalue weighted by atomic mass is 35.5. The van der Waals surface area contributed by atoms with Crippen molar-refractivity contribution in [2.24, 2.45) is 16.6 Å². The number of ether oxygens (including phenoxy) is 1. The number of benzene rings is 1. The molecular formula is C17H16ClFN4O. The molecule has 0 aliphatic carbocycles. The van der Waals surface area contributed by atoms with Crippen molar-refractivity contribution in [1.82, 2.24) is 9.97 Å². The van der Waals surface area contributed by atoms with Crippen molar-refractivity contribution in [1.29, 1.82) is 0 Å². The van der Waals surface area contributed by atoms with Crippen LogP contribution in [0.3, 0.4) is 0 Å². The highest BCUT2D eigenvalue weighted by Gasteiger charge is 2.37. The largest absolute Gasteiger partial charge is 0.493 e. The molecule has 7 heteroatoms. The Morgan fingerprint density at radius 2 is 2.17 bits per heavy atom. The molecule has 1 aliphatic rings. The Hall–Kier alpha value is -2.31. The first-order chi connectivity index (χ1) is 11.5. The number of aliphatic imine (C=N–C) groups is 1. The van der Waals surface area contributed by atoms with Gasteiger partial charge in [-0.1, -0.05) is 18.5 Å². The fourth-order valence-electron chi connectivity index (χ4n) is 2.54. The summed E-state index contributed by atoms with van der Waals surface area (Å²) in [5.74, 6) is 0.0352. The molecule has 2 heterocycles. The first-order valence-corrected chi connectivity index (χ1v) is 7.70. The van der Waals surface area contributed by atoms with E-state index in [0.717, 1.165) is 0 Å². The molecule has 1 aromatic carbocycles. The van der Waals surface area contributed by atoms with Gasteiger partial charge in [0.2, 0.25) is 0 Å². The van der Waals surface area contributed by atoms with E-state index >= 15 is 0 Å². The first-order valence-electron chi connectivity index (χ1n) is 7.32. The fraction of sp³-hybridized carbons (Fsp3) is 0.235. The smallest absolute Gasteiger partial charge is 0.162 e. The second-order valence-corrected chi connectivity index (χ2v) is 6.01. The van der Waals surface area contributed by atoms with Gasteiger partial charge in [-0.2, -0.15) is 0 Å². The van der Waals surface area contributed by atoms with Gasteiger partial charge in [0.05, 0.1) is 24.4 Å². The normalized spacial score (nSPS) is 22.6. The lowest BCUT2D eigenvalue weighted by molar-refractivity contribution is 0.371. The van der Waals surface area contributed by atoms with Crippen LogP contribution in [-0.2, 0) is 5.54 Å². The van der Waals surface area contributed by atoms with E-state index in [0.29, 0.717) is 16.5 Å². The van der Waals surface area contributed by atoms with Gasteiger partial charge in [-0.05, 0) is 24.3 Å². The maximum Gasteiger partial charge on any atom is 0.162 e. The lowest BCUT2D eigenvalue weighted by Gasteiger charge is -2.32. The molecule has 3 rings (SSSR count). The van der Waals surface area contributed by atoms with Gasteiger partial charge in [-0.25, -0.2) is 14.4 Å². The quantitative estimate of drug-likeness (QED) is 0.925. The third-order valence-corrected chi connectivity index (χ3v) is 4.29. The minimum Gasteiger partial charge on any atom is -0.493 e. The number of halogens is 2. The van der Waals surface area contributed by atoms with Crippen LogP contribution in [0, 0.1) is 11.7 Å². The van der Waals surface area contributed by atoms with Gasteiger partial charge in [0.15, 0.2) is 11.6 Å². The summed E-state index contributed by atoms with van der Waals surface area (Å²) in [7, 11) is 1.51. The van der Waals surface area contributed by atoms with E-state index in [1.54, 1.807) is 18.5 Å². The van der Waals surface area contributed by atoms with Gasteiger partial charge in [0.1, 0.15) is 11.5 Å². The van der Waals surface area contributed by atoms with Crippen LogP contribution in [0.1, 0.15) is 12.6 Å². The molecule has 2 unspecified atom stereocenters. The number of rotatable bonds is 3. The summed E-state index contributed by atoms with van der Waals surface area (Å²) in [5, 5.41) is 0.396. The molecule has 0 fully saturated rings. The van der Waals surface area contributed by atoms with Crippen molar-refractivity contribution in [2.45, 2.75) is 12.5 Å². The molecule has 2 atom stereocenters. The third-order valence-electron chi connectivity index (χ3n) is 4.05. The molecule has 0 radical (unpaired) electrons. The molecule has 0 amide bonds. The zero-order chi connectivity index (χ0) is 17.3. The summed E-state index contributed by atoms with van der Waals surface area (Å²) in [6, 6.07) is 4.23. The summed E-state index contributed by atoms with van der Waals surface area (Å²) in [5.41, 5.74) is 6.28. The van der Waals surface area contributed by atoms with Crippen molar-refractivity contribution in [3.05, 3.63) is 53.2 Å². The average molecular weight is 347 g/mol. The van der Waals surface area contributed by atoms with E-state index in [1.807, 2.05) is 6.92 Å². The van der Waals surface area contributed by atoms with E-state index < -0.39 is 11.4 Å². The van der Waals surface area contributed by atoms with Gasteiger partial charge >= 0.3 is 0 Å². The van der Waals surface area contributed by atoms with Crippen molar-refractivity contribution in [3.8, 4) is 17.1 Å². The van der Waals surface area contributed by atoms with E-state index in [1.165, 1.54) is 31.5 Å². The zero-order valence-electron chi connectivity index (χ0n) is 13.2.